The highest BCUT2D eigenvalue weighted by molar-refractivity contribution is 5.95. The molecule has 0 radical (unpaired) electrons. The molecule has 0 aliphatic carbocycles. The van der Waals surface area contributed by atoms with Crippen molar-refractivity contribution < 1.29 is 9.53 Å². The topological polar surface area (TPSA) is 102 Å². The summed E-state index contributed by atoms with van der Waals surface area (Å²) in [7, 11) is 1.45. The van der Waals surface area contributed by atoms with E-state index in [2.05, 4.69) is 23.8 Å². The molecule has 0 aromatic carbocycles. The number of nitrogens with two attached hydrogens (primary N) is 2. The molecule has 0 saturated heterocycles. The predicted molar refractivity (Wildman–Crippen MR) is 95.0 cm³/mol. The van der Waals surface area contributed by atoms with Crippen LogP contribution in [0.25, 0.3) is 0 Å². The molecule has 0 aromatic heterocycles. The van der Waals surface area contributed by atoms with E-state index in [1.54, 1.807) is 6.08 Å². The van der Waals surface area contributed by atoms with Gasteiger partial charge in [-0.25, -0.2) is 0 Å². The largest absolute Gasteiger partial charge is 0.497 e. The number of methoxy groups -OCH3 is 1. The van der Waals surface area contributed by atoms with Gasteiger partial charge in [0.25, 0.3) is 5.91 Å². The van der Waals surface area contributed by atoms with Gasteiger partial charge >= 0.3 is 0 Å². The van der Waals surface area contributed by atoms with Crippen molar-refractivity contribution in [1.82, 2.24) is 10.6 Å². The second kappa shape index (κ2) is 12.5. The second-order valence-electron chi connectivity index (χ2n) is 5.02. The standard InChI is InChI=1S/C17H30N4O2/c1-5-15(9-10-16(17(19)22)14(3)23-4)21-13(2)8-6-7-11-20-12-18/h5,10,20-21H,2-3,6-9,11-12,18H2,1,4H3,(H2,19,22)/b15-5+,16-10+. The fraction of sp³-hybridized carbons (Fsp3) is 0.471. The Labute approximate surface area is 139 Å². The Morgan fingerprint density at radius 3 is 2.52 bits per heavy atom. The summed E-state index contributed by atoms with van der Waals surface area (Å²) >= 11 is 0. The van der Waals surface area contributed by atoms with Crippen LogP contribution in [0.5, 0.6) is 0 Å². The van der Waals surface area contributed by atoms with Crippen LogP contribution in [-0.2, 0) is 9.53 Å². The number of allylic oxidation sites excluding steroid dienone is 3. The van der Waals surface area contributed by atoms with Crippen LogP contribution in [0.1, 0.15) is 32.6 Å². The summed E-state index contributed by atoms with van der Waals surface area (Å²) in [6, 6.07) is 0. The average molecular weight is 322 g/mol. The number of ether oxygens (including phenoxy) is 1. The van der Waals surface area contributed by atoms with Crippen LogP contribution in [0.2, 0.25) is 0 Å². The van der Waals surface area contributed by atoms with Gasteiger partial charge < -0.3 is 26.8 Å². The molecule has 0 bridgehead atoms. The van der Waals surface area contributed by atoms with Gasteiger partial charge in [0, 0.05) is 24.5 Å². The van der Waals surface area contributed by atoms with Crippen LogP contribution in [0.15, 0.2) is 48.0 Å². The summed E-state index contributed by atoms with van der Waals surface area (Å²) in [5.41, 5.74) is 12.9. The van der Waals surface area contributed by atoms with E-state index >= 15 is 0 Å². The van der Waals surface area contributed by atoms with E-state index in [-0.39, 0.29) is 11.3 Å². The Morgan fingerprint density at radius 2 is 2.00 bits per heavy atom. The highest BCUT2D eigenvalue weighted by atomic mass is 16.5. The summed E-state index contributed by atoms with van der Waals surface area (Å²) < 4.78 is 4.97. The summed E-state index contributed by atoms with van der Waals surface area (Å²) in [5.74, 6) is -0.294. The molecule has 0 aliphatic rings. The number of carbonyl (C=O) groups is 1. The Bertz CT molecular complexity index is 467. The lowest BCUT2D eigenvalue weighted by molar-refractivity contribution is -0.114. The third-order valence-corrected chi connectivity index (χ3v) is 3.25. The van der Waals surface area contributed by atoms with Crippen LogP contribution in [0.4, 0.5) is 0 Å². The summed E-state index contributed by atoms with van der Waals surface area (Å²) in [5, 5.41) is 6.34. The average Bonchev–Trinajstić information content (AvgIpc) is 2.52. The predicted octanol–water partition coefficient (Wildman–Crippen LogP) is 1.63. The summed E-state index contributed by atoms with van der Waals surface area (Å²) in [6.45, 7) is 11.0. The normalized spacial score (nSPS) is 12.0. The van der Waals surface area contributed by atoms with Crippen molar-refractivity contribution in [3.63, 3.8) is 0 Å². The van der Waals surface area contributed by atoms with Crippen molar-refractivity contribution in [2.24, 2.45) is 11.5 Å². The highest BCUT2D eigenvalue weighted by Gasteiger charge is 2.09. The first kappa shape index (κ1) is 20.9. The zero-order valence-corrected chi connectivity index (χ0v) is 14.3. The molecule has 0 fully saturated rings. The van der Waals surface area contributed by atoms with Crippen molar-refractivity contribution in [2.75, 3.05) is 20.3 Å². The smallest absolute Gasteiger partial charge is 0.252 e. The molecule has 0 aromatic rings. The molecule has 23 heavy (non-hydrogen) atoms. The van der Waals surface area contributed by atoms with Crippen molar-refractivity contribution in [3.05, 3.63) is 48.0 Å². The molecular formula is C17H30N4O2. The Hall–Kier alpha value is -2.05. The fourth-order valence-electron chi connectivity index (χ4n) is 1.89. The van der Waals surface area contributed by atoms with Crippen molar-refractivity contribution in [2.45, 2.75) is 32.6 Å². The first-order chi connectivity index (χ1) is 11.0. The fourth-order valence-corrected chi connectivity index (χ4v) is 1.89. The van der Waals surface area contributed by atoms with E-state index in [4.69, 9.17) is 16.2 Å². The number of rotatable bonds is 13. The number of hydrogen-bond acceptors (Lipinski definition) is 5. The maximum absolute atomic E-state index is 11.4. The van der Waals surface area contributed by atoms with Crippen molar-refractivity contribution >= 4 is 5.91 Å². The Kier molecular flexibility index (Phi) is 11.4. The minimum atomic E-state index is -0.557. The van der Waals surface area contributed by atoms with Crippen molar-refractivity contribution in [1.29, 1.82) is 0 Å². The van der Waals surface area contributed by atoms with Gasteiger partial charge in [-0.15, -0.1) is 0 Å². The van der Waals surface area contributed by atoms with Gasteiger partial charge in [-0.3, -0.25) is 4.79 Å². The summed E-state index contributed by atoms with van der Waals surface area (Å²) in [4.78, 5) is 11.4. The maximum Gasteiger partial charge on any atom is 0.252 e. The highest BCUT2D eigenvalue weighted by Crippen LogP contribution is 2.13. The van der Waals surface area contributed by atoms with Gasteiger partial charge in [-0.05, 0) is 32.7 Å². The third-order valence-electron chi connectivity index (χ3n) is 3.25. The molecule has 0 rings (SSSR count). The molecule has 0 heterocycles. The molecule has 0 unspecified atom stereocenters. The number of nitrogens with one attached hydrogen (secondary N) is 2. The Balaban J connectivity index is 4.42. The van der Waals surface area contributed by atoms with E-state index in [0.29, 0.717) is 13.1 Å². The molecule has 0 atom stereocenters. The second-order valence-corrected chi connectivity index (χ2v) is 5.02. The number of unbranched alkanes of at least 4 members (excludes halogenated alkanes) is 1. The number of amides is 1. The molecule has 130 valence electrons. The van der Waals surface area contributed by atoms with Crippen LogP contribution in [0, 0.1) is 0 Å². The molecule has 0 saturated carbocycles. The number of primary amides is 1. The minimum Gasteiger partial charge on any atom is -0.497 e. The third kappa shape index (κ3) is 9.55. The molecule has 0 spiro atoms. The quantitative estimate of drug-likeness (QED) is 0.136. The van der Waals surface area contributed by atoms with Crippen molar-refractivity contribution in [3.8, 4) is 0 Å². The van der Waals surface area contributed by atoms with Gasteiger partial charge in [0.2, 0.25) is 0 Å². The van der Waals surface area contributed by atoms with E-state index in [1.165, 1.54) is 7.11 Å². The first-order valence-corrected chi connectivity index (χ1v) is 7.70. The molecule has 6 nitrogen and oxygen atoms in total. The molecule has 6 heteroatoms. The SMILES string of the molecule is C=C(CCCCNCN)N/C(=C/C)C/C=C(\C(=C)OC)C(N)=O. The summed E-state index contributed by atoms with van der Waals surface area (Å²) in [6.07, 6.45) is 7.10. The van der Waals surface area contributed by atoms with E-state index in [0.717, 1.165) is 37.2 Å². The van der Waals surface area contributed by atoms with Crippen LogP contribution >= 0.6 is 0 Å². The van der Waals surface area contributed by atoms with Gasteiger partial charge in [-0.1, -0.05) is 25.3 Å². The zero-order valence-electron chi connectivity index (χ0n) is 14.3. The number of hydrogen-bond donors (Lipinski definition) is 4. The minimum absolute atomic E-state index is 0.263. The Morgan fingerprint density at radius 1 is 1.30 bits per heavy atom. The van der Waals surface area contributed by atoms with Gasteiger partial charge in [-0.2, -0.15) is 0 Å². The molecular weight excluding hydrogens is 292 g/mol. The van der Waals surface area contributed by atoms with Crippen LogP contribution < -0.4 is 22.1 Å². The lowest BCUT2D eigenvalue weighted by Crippen LogP contribution is -2.23. The van der Waals surface area contributed by atoms with E-state index < -0.39 is 5.91 Å². The van der Waals surface area contributed by atoms with Crippen LogP contribution in [-0.4, -0.2) is 26.2 Å². The first-order valence-electron chi connectivity index (χ1n) is 7.70. The lowest BCUT2D eigenvalue weighted by atomic mass is 10.1. The van der Waals surface area contributed by atoms with Gasteiger partial charge in [0.1, 0.15) is 5.76 Å². The lowest BCUT2D eigenvalue weighted by Gasteiger charge is -2.13. The van der Waals surface area contributed by atoms with Gasteiger partial charge in [0.05, 0.1) is 12.7 Å². The molecule has 0 aliphatic heterocycles. The number of carbonyl (C=O) groups excluding carboxylic acids is 1. The molecule has 1 amide bonds. The maximum atomic E-state index is 11.4. The van der Waals surface area contributed by atoms with E-state index in [1.807, 2.05) is 13.0 Å². The van der Waals surface area contributed by atoms with Crippen LogP contribution in [0.3, 0.4) is 0 Å². The van der Waals surface area contributed by atoms with Gasteiger partial charge in [0.15, 0.2) is 0 Å². The zero-order chi connectivity index (χ0) is 17.7. The van der Waals surface area contributed by atoms with E-state index in [9.17, 15) is 4.79 Å². The monoisotopic (exact) mass is 322 g/mol. The molecule has 6 N–H and O–H groups in total.